The van der Waals surface area contributed by atoms with Crippen LogP contribution in [0.1, 0.15) is 32.3 Å². The third kappa shape index (κ3) is 6.02. The van der Waals surface area contributed by atoms with E-state index in [-0.39, 0.29) is 11.9 Å². The summed E-state index contributed by atoms with van der Waals surface area (Å²) < 4.78 is 4.76. The number of esters is 1. The molecule has 144 valence electrons. The molecule has 0 aliphatic carbocycles. The van der Waals surface area contributed by atoms with E-state index in [0.717, 1.165) is 31.9 Å². The molecule has 2 N–H and O–H groups in total. The first kappa shape index (κ1) is 20.2. The van der Waals surface area contributed by atoms with Crippen molar-refractivity contribution >= 4 is 11.9 Å². The van der Waals surface area contributed by atoms with E-state index in [9.17, 15) is 4.79 Å². The minimum absolute atomic E-state index is 0.204. The van der Waals surface area contributed by atoms with Gasteiger partial charge in [0, 0.05) is 38.8 Å². The largest absolute Gasteiger partial charge is 0.469 e. The highest BCUT2D eigenvalue weighted by Crippen LogP contribution is 2.19. The molecular weight excluding hydrogens is 328 g/mol. The summed E-state index contributed by atoms with van der Waals surface area (Å²) in [5.74, 6) is 0.329. The predicted molar refractivity (Wildman–Crippen MR) is 105 cm³/mol. The lowest BCUT2D eigenvalue weighted by Gasteiger charge is -2.38. The van der Waals surface area contributed by atoms with Crippen LogP contribution >= 0.6 is 0 Å². The Bertz CT molecular complexity index is 591. The van der Waals surface area contributed by atoms with E-state index < -0.39 is 0 Å². The summed E-state index contributed by atoms with van der Waals surface area (Å²) in [4.78, 5) is 18.3. The van der Waals surface area contributed by atoms with Crippen LogP contribution in [0.15, 0.2) is 35.3 Å². The number of hydrogen-bond acceptors (Lipinski definition) is 4. The molecule has 3 atom stereocenters. The average molecular weight is 361 g/mol. The predicted octanol–water partition coefficient (Wildman–Crippen LogP) is 2.01. The molecule has 1 saturated heterocycles. The van der Waals surface area contributed by atoms with E-state index in [1.165, 1.54) is 12.7 Å². The summed E-state index contributed by atoms with van der Waals surface area (Å²) in [5.41, 5.74) is 1.36. The molecule has 1 aromatic rings. The first-order valence-corrected chi connectivity index (χ1v) is 9.36. The zero-order valence-electron chi connectivity index (χ0n) is 16.4. The number of likely N-dealkylation sites (tertiary alicyclic amines) is 1. The van der Waals surface area contributed by atoms with Gasteiger partial charge in [-0.25, -0.2) is 0 Å². The van der Waals surface area contributed by atoms with E-state index in [2.05, 4.69) is 57.8 Å². The first-order chi connectivity index (χ1) is 12.5. The number of rotatable bonds is 6. The number of guanidine groups is 1. The van der Waals surface area contributed by atoms with Gasteiger partial charge in [-0.05, 0) is 25.3 Å². The van der Waals surface area contributed by atoms with Crippen LogP contribution in [0.3, 0.4) is 0 Å². The van der Waals surface area contributed by atoms with Gasteiger partial charge in [0.25, 0.3) is 0 Å². The van der Waals surface area contributed by atoms with Gasteiger partial charge in [-0.3, -0.25) is 14.7 Å². The molecule has 2 rings (SSSR count). The molecule has 6 heteroatoms. The number of methoxy groups -OCH3 is 1. The second-order valence-electron chi connectivity index (χ2n) is 7.05. The minimum atomic E-state index is -0.212. The van der Waals surface area contributed by atoms with Gasteiger partial charge >= 0.3 is 5.97 Å². The van der Waals surface area contributed by atoms with Crippen molar-refractivity contribution in [2.75, 3.05) is 27.2 Å². The molecule has 6 nitrogen and oxygen atoms in total. The highest BCUT2D eigenvalue weighted by molar-refractivity contribution is 5.81. The lowest BCUT2D eigenvalue weighted by atomic mass is 9.97. The Labute approximate surface area is 157 Å². The van der Waals surface area contributed by atoms with Crippen molar-refractivity contribution < 1.29 is 9.53 Å². The second kappa shape index (κ2) is 10.2. The van der Waals surface area contributed by atoms with Crippen molar-refractivity contribution in [1.82, 2.24) is 15.5 Å². The average Bonchev–Trinajstić information content (AvgIpc) is 2.67. The van der Waals surface area contributed by atoms with Gasteiger partial charge in [0.05, 0.1) is 13.0 Å². The van der Waals surface area contributed by atoms with E-state index in [1.54, 1.807) is 7.05 Å². The number of nitrogens with zero attached hydrogens (tertiary/aromatic N) is 2. The van der Waals surface area contributed by atoms with Crippen LogP contribution in [0.4, 0.5) is 0 Å². The fourth-order valence-corrected chi connectivity index (χ4v) is 3.33. The number of hydrogen-bond donors (Lipinski definition) is 2. The molecule has 0 radical (unpaired) electrons. The summed E-state index contributed by atoms with van der Waals surface area (Å²) in [7, 11) is 3.17. The summed E-state index contributed by atoms with van der Waals surface area (Å²) in [6.45, 7) is 6.69. The third-order valence-electron chi connectivity index (χ3n) is 4.99. The monoisotopic (exact) mass is 360 g/mol. The van der Waals surface area contributed by atoms with Crippen molar-refractivity contribution in [2.24, 2.45) is 10.9 Å². The molecule has 1 fully saturated rings. The summed E-state index contributed by atoms with van der Waals surface area (Å²) in [6.07, 6.45) is 2.14. The lowest BCUT2D eigenvalue weighted by molar-refractivity contribution is -0.144. The Morgan fingerprint density at radius 1 is 1.38 bits per heavy atom. The Hall–Kier alpha value is -2.08. The zero-order chi connectivity index (χ0) is 18.9. The van der Waals surface area contributed by atoms with E-state index in [0.29, 0.717) is 18.6 Å². The van der Waals surface area contributed by atoms with E-state index in [1.807, 2.05) is 6.92 Å². The molecule has 1 aromatic carbocycles. The number of carbonyl (C=O) groups is 1. The maximum atomic E-state index is 11.5. The molecule has 0 bridgehead atoms. The number of ether oxygens (including phenoxy) is 1. The smallest absolute Gasteiger partial charge is 0.310 e. The van der Waals surface area contributed by atoms with Crippen LogP contribution in [-0.2, 0) is 16.1 Å². The Morgan fingerprint density at radius 2 is 2.12 bits per heavy atom. The normalized spacial score (nSPS) is 22.5. The molecule has 0 spiro atoms. The van der Waals surface area contributed by atoms with Crippen molar-refractivity contribution in [3.63, 3.8) is 0 Å². The van der Waals surface area contributed by atoms with Crippen LogP contribution < -0.4 is 10.6 Å². The van der Waals surface area contributed by atoms with Gasteiger partial charge in [-0.1, -0.05) is 37.3 Å². The van der Waals surface area contributed by atoms with Crippen molar-refractivity contribution in [2.45, 2.75) is 45.3 Å². The number of benzene rings is 1. The topological polar surface area (TPSA) is 66.0 Å². The highest BCUT2D eigenvalue weighted by Gasteiger charge is 2.26. The molecule has 3 unspecified atom stereocenters. The van der Waals surface area contributed by atoms with Gasteiger partial charge in [0.15, 0.2) is 5.96 Å². The number of nitrogens with one attached hydrogen (secondary N) is 2. The van der Waals surface area contributed by atoms with Crippen LogP contribution in [0.5, 0.6) is 0 Å². The van der Waals surface area contributed by atoms with Crippen molar-refractivity contribution in [3.8, 4) is 0 Å². The molecular formula is C20H32N4O2. The number of aliphatic imine (C=N–C) groups is 1. The number of carbonyl (C=O) groups excluding carboxylic acids is 1. The third-order valence-corrected chi connectivity index (χ3v) is 4.99. The van der Waals surface area contributed by atoms with Crippen LogP contribution in [0.25, 0.3) is 0 Å². The fraction of sp³-hybridized carbons (Fsp3) is 0.600. The van der Waals surface area contributed by atoms with Gasteiger partial charge in [-0.15, -0.1) is 0 Å². The minimum Gasteiger partial charge on any atom is -0.469 e. The van der Waals surface area contributed by atoms with Gasteiger partial charge in [0.1, 0.15) is 0 Å². The van der Waals surface area contributed by atoms with Crippen LogP contribution in [0.2, 0.25) is 0 Å². The lowest BCUT2D eigenvalue weighted by Crippen LogP contribution is -2.51. The maximum absolute atomic E-state index is 11.5. The second-order valence-corrected chi connectivity index (χ2v) is 7.05. The van der Waals surface area contributed by atoms with Gasteiger partial charge in [-0.2, -0.15) is 0 Å². The van der Waals surface area contributed by atoms with Gasteiger partial charge in [0.2, 0.25) is 0 Å². The zero-order valence-corrected chi connectivity index (χ0v) is 16.4. The molecule has 1 heterocycles. The quantitative estimate of drug-likeness (QED) is 0.462. The molecule has 1 aliphatic rings. The van der Waals surface area contributed by atoms with Gasteiger partial charge < -0.3 is 15.4 Å². The van der Waals surface area contributed by atoms with Crippen molar-refractivity contribution in [1.29, 1.82) is 0 Å². The summed E-state index contributed by atoms with van der Waals surface area (Å²) >= 11 is 0. The Balaban J connectivity index is 1.79. The SMILES string of the molecule is CN=C(NCC(C)C(=O)OC)NC1CCN(Cc2ccccc2)C(C)C1. The molecule has 0 amide bonds. The van der Waals surface area contributed by atoms with Crippen LogP contribution in [-0.4, -0.2) is 56.2 Å². The van der Waals surface area contributed by atoms with E-state index >= 15 is 0 Å². The highest BCUT2D eigenvalue weighted by atomic mass is 16.5. The maximum Gasteiger partial charge on any atom is 0.310 e. The summed E-state index contributed by atoms with van der Waals surface area (Å²) in [5, 5.41) is 6.71. The number of piperidine rings is 1. The molecule has 0 aromatic heterocycles. The Morgan fingerprint density at radius 3 is 2.73 bits per heavy atom. The van der Waals surface area contributed by atoms with E-state index in [4.69, 9.17) is 4.74 Å². The molecule has 26 heavy (non-hydrogen) atoms. The molecule has 0 saturated carbocycles. The van der Waals surface area contributed by atoms with Crippen LogP contribution in [0, 0.1) is 5.92 Å². The first-order valence-electron chi connectivity index (χ1n) is 9.36. The molecule has 1 aliphatic heterocycles. The fourth-order valence-electron chi connectivity index (χ4n) is 3.33. The standard InChI is InChI=1S/C20H32N4O2/c1-15(19(25)26-4)13-22-20(21-3)23-18-10-11-24(16(2)12-18)14-17-8-6-5-7-9-17/h5-9,15-16,18H,10-14H2,1-4H3,(H2,21,22,23). The summed E-state index contributed by atoms with van der Waals surface area (Å²) in [6, 6.07) is 11.5. The van der Waals surface area contributed by atoms with Crippen molar-refractivity contribution in [3.05, 3.63) is 35.9 Å². The Kier molecular flexibility index (Phi) is 7.91.